The largest absolute Gasteiger partial charge is 0.456 e. The molecule has 10 aromatic rings. The van der Waals surface area contributed by atoms with Crippen molar-refractivity contribution in [2.75, 3.05) is 0 Å². The maximum atomic E-state index is 6.20. The van der Waals surface area contributed by atoms with Gasteiger partial charge in [0.15, 0.2) is 5.84 Å². The molecule has 4 heteroatoms. The maximum absolute atomic E-state index is 6.20. The molecule has 8 aromatic carbocycles. The number of hydrogen-bond donors (Lipinski definition) is 1. The molecule has 0 aliphatic heterocycles. The summed E-state index contributed by atoms with van der Waals surface area (Å²) in [5.74, 6) is 0.607. The van der Waals surface area contributed by atoms with Crippen molar-refractivity contribution in [2.24, 2.45) is 9.98 Å². The lowest BCUT2D eigenvalue weighted by molar-refractivity contribution is 0.669. The Balaban J connectivity index is 0.000000223. The van der Waals surface area contributed by atoms with Gasteiger partial charge in [-0.3, -0.25) is 0 Å². The Morgan fingerprint density at radius 1 is 0.529 bits per heavy atom. The quantitative estimate of drug-likeness (QED) is 0.114. The third-order valence-electron chi connectivity index (χ3n) is 9.71. The van der Waals surface area contributed by atoms with Crippen LogP contribution in [0.2, 0.25) is 0 Å². The van der Waals surface area contributed by atoms with Crippen molar-refractivity contribution in [3.63, 3.8) is 0 Å². The van der Waals surface area contributed by atoms with Gasteiger partial charge in [0, 0.05) is 43.7 Å². The summed E-state index contributed by atoms with van der Waals surface area (Å²) in [4.78, 5) is 12.4. The lowest BCUT2D eigenvalue weighted by Crippen LogP contribution is -1.97. The second kappa shape index (κ2) is 12.6. The number of nitrogens with one attached hydrogen (secondary N) is 1. The highest BCUT2D eigenvalue weighted by atomic mass is 16.3. The first-order valence-electron chi connectivity index (χ1n) is 17.1. The zero-order valence-corrected chi connectivity index (χ0v) is 28.1. The predicted octanol–water partition coefficient (Wildman–Crippen LogP) is 12.8. The monoisotopic (exact) mass is 655 g/mol. The van der Waals surface area contributed by atoms with Crippen LogP contribution in [0.4, 0.5) is 0 Å². The van der Waals surface area contributed by atoms with Gasteiger partial charge in [-0.05, 0) is 82.7 Å². The summed E-state index contributed by atoms with van der Waals surface area (Å²) in [5, 5.41) is 9.93. The van der Waals surface area contributed by atoms with Gasteiger partial charge in [-0.1, -0.05) is 127 Å². The van der Waals surface area contributed by atoms with E-state index in [0.717, 1.165) is 39.1 Å². The van der Waals surface area contributed by atoms with Crippen LogP contribution in [0.5, 0.6) is 0 Å². The summed E-state index contributed by atoms with van der Waals surface area (Å²) in [6.45, 7) is 5.75. The number of aromatic nitrogens is 1. The number of hydrogen-bond acceptors (Lipinski definition) is 2. The molecule has 0 atom stereocenters. The van der Waals surface area contributed by atoms with Gasteiger partial charge in [0.25, 0.3) is 0 Å². The summed E-state index contributed by atoms with van der Waals surface area (Å²) in [7, 11) is 0. The Morgan fingerprint density at radius 3 is 1.76 bits per heavy atom. The van der Waals surface area contributed by atoms with E-state index < -0.39 is 0 Å². The van der Waals surface area contributed by atoms with E-state index in [1.165, 1.54) is 54.1 Å². The molecule has 2 heterocycles. The highest BCUT2D eigenvalue weighted by molar-refractivity contribution is 6.33. The second-order valence-electron chi connectivity index (χ2n) is 12.7. The first kappa shape index (κ1) is 30.3. The Labute approximate surface area is 295 Å². The summed E-state index contributed by atoms with van der Waals surface area (Å²) >= 11 is 0. The number of furan rings is 1. The molecule has 51 heavy (non-hydrogen) atoms. The van der Waals surface area contributed by atoms with Crippen molar-refractivity contribution < 1.29 is 4.42 Å². The topological polar surface area (TPSA) is 53.6 Å². The molecule has 0 saturated heterocycles. The summed E-state index contributed by atoms with van der Waals surface area (Å²) in [6, 6.07) is 54.6. The Hall–Kier alpha value is -6.78. The number of H-pyrrole nitrogens is 1. The van der Waals surface area contributed by atoms with Crippen LogP contribution in [0.3, 0.4) is 0 Å². The number of aromatic amines is 1. The SMILES string of the molecule is C=NC(=N/C(=C\C)c1cccc(-c2ccc3c(c2)c2cccc4oc5cccc3c5c42)c1)c1ccccc1.c1ccc2c(c1)[nH]c1ccccc12. The molecule has 0 radical (unpaired) electrons. The van der Waals surface area contributed by atoms with Crippen LogP contribution in [-0.2, 0) is 0 Å². The van der Waals surface area contributed by atoms with Crippen LogP contribution < -0.4 is 0 Å². The predicted molar refractivity (Wildman–Crippen MR) is 217 cm³/mol. The molecule has 0 fully saturated rings. The summed E-state index contributed by atoms with van der Waals surface area (Å²) in [6.07, 6.45) is 2.02. The van der Waals surface area contributed by atoms with Crippen LogP contribution in [0.15, 0.2) is 178 Å². The molecule has 242 valence electrons. The van der Waals surface area contributed by atoms with E-state index in [-0.39, 0.29) is 0 Å². The average Bonchev–Trinajstić information content (AvgIpc) is 3.78. The van der Waals surface area contributed by atoms with Gasteiger partial charge in [-0.2, -0.15) is 0 Å². The lowest BCUT2D eigenvalue weighted by Gasteiger charge is -2.11. The maximum Gasteiger partial charge on any atom is 0.159 e. The number of rotatable bonds is 4. The van der Waals surface area contributed by atoms with Crippen molar-refractivity contribution >= 4 is 83.5 Å². The molecule has 4 nitrogen and oxygen atoms in total. The molecule has 0 aliphatic carbocycles. The van der Waals surface area contributed by atoms with Crippen molar-refractivity contribution in [1.29, 1.82) is 0 Å². The van der Waals surface area contributed by atoms with Gasteiger partial charge in [-0.25, -0.2) is 9.98 Å². The smallest absolute Gasteiger partial charge is 0.159 e. The minimum atomic E-state index is 0.607. The van der Waals surface area contributed by atoms with Crippen LogP contribution in [0.1, 0.15) is 18.1 Å². The molecule has 2 aromatic heterocycles. The second-order valence-corrected chi connectivity index (χ2v) is 12.7. The van der Waals surface area contributed by atoms with E-state index in [9.17, 15) is 0 Å². The first-order chi connectivity index (χ1) is 25.2. The number of benzene rings is 8. The minimum Gasteiger partial charge on any atom is -0.456 e. The van der Waals surface area contributed by atoms with Gasteiger partial charge in [-0.15, -0.1) is 0 Å². The third-order valence-corrected chi connectivity index (χ3v) is 9.71. The summed E-state index contributed by atoms with van der Waals surface area (Å²) < 4.78 is 6.20. The fourth-order valence-electron chi connectivity index (χ4n) is 7.34. The van der Waals surface area contributed by atoms with E-state index in [1.54, 1.807) is 0 Å². The normalized spacial score (nSPS) is 12.3. The molecule has 0 spiro atoms. The number of allylic oxidation sites excluding steroid dienone is 1. The molecule has 0 saturated carbocycles. The van der Waals surface area contributed by atoms with Crippen molar-refractivity contribution in [3.05, 3.63) is 175 Å². The molecule has 0 amide bonds. The number of amidine groups is 1. The van der Waals surface area contributed by atoms with E-state index in [0.29, 0.717) is 5.84 Å². The van der Waals surface area contributed by atoms with Crippen LogP contribution in [0.25, 0.3) is 82.1 Å². The zero-order chi connectivity index (χ0) is 34.3. The molecule has 0 bridgehead atoms. The van der Waals surface area contributed by atoms with Gasteiger partial charge in [0.05, 0.1) is 5.70 Å². The third kappa shape index (κ3) is 5.25. The van der Waals surface area contributed by atoms with Gasteiger partial charge in [0.2, 0.25) is 0 Å². The van der Waals surface area contributed by atoms with Gasteiger partial charge >= 0.3 is 0 Å². The lowest BCUT2D eigenvalue weighted by atomic mass is 9.92. The molecule has 10 rings (SSSR count). The van der Waals surface area contributed by atoms with E-state index in [4.69, 9.17) is 9.41 Å². The number of para-hydroxylation sites is 2. The molecule has 0 aliphatic rings. The highest BCUT2D eigenvalue weighted by Gasteiger charge is 2.17. The Morgan fingerprint density at radius 2 is 1.10 bits per heavy atom. The van der Waals surface area contributed by atoms with Crippen molar-refractivity contribution in [2.45, 2.75) is 6.92 Å². The molecular formula is C47H33N3O. The van der Waals surface area contributed by atoms with E-state index in [2.05, 4.69) is 144 Å². The number of fused-ring (bicyclic) bond motifs is 6. The van der Waals surface area contributed by atoms with E-state index >= 15 is 0 Å². The fraction of sp³-hybridized carbons (Fsp3) is 0.0213. The Kier molecular flexibility index (Phi) is 7.48. The average molecular weight is 656 g/mol. The number of nitrogens with zero attached hydrogens (tertiary/aromatic N) is 2. The number of aliphatic imine (C=N–C) groups is 2. The summed E-state index contributed by atoms with van der Waals surface area (Å²) in [5.41, 5.74) is 9.42. The Bertz CT molecular complexity index is 2890. The standard InChI is InChI=1S/C35H24N2O.C12H9N/c1-3-30(37-35(36-2)22-10-5-4-6-11-22)25-13-7-12-23(20-25)24-18-19-26-27-14-8-16-31-33(27)34-28(29(26)21-24)15-9-17-32(34)38-31;1-3-7-11-9(5-1)10-6-2-4-8-12(10)13-11/h3-21H,2H2,1H3;1-8,13H/b30-3-,37-35?;. The highest BCUT2D eigenvalue weighted by Crippen LogP contribution is 2.43. The van der Waals surface area contributed by atoms with Crippen LogP contribution in [0, 0.1) is 0 Å². The van der Waals surface area contributed by atoms with Crippen molar-refractivity contribution in [1.82, 2.24) is 4.98 Å². The molecule has 0 unspecified atom stereocenters. The van der Waals surface area contributed by atoms with Gasteiger partial charge in [0.1, 0.15) is 11.2 Å². The molecular weight excluding hydrogens is 623 g/mol. The molecule has 1 N–H and O–H groups in total. The van der Waals surface area contributed by atoms with Crippen LogP contribution in [-0.4, -0.2) is 17.5 Å². The first-order valence-corrected chi connectivity index (χ1v) is 17.1. The van der Waals surface area contributed by atoms with Crippen LogP contribution >= 0.6 is 0 Å². The van der Waals surface area contributed by atoms with E-state index in [1.807, 2.05) is 43.3 Å². The van der Waals surface area contributed by atoms with Crippen molar-refractivity contribution in [3.8, 4) is 11.1 Å². The fourth-order valence-corrected chi connectivity index (χ4v) is 7.34. The minimum absolute atomic E-state index is 0.607. The van der Waals surface area contributed by atoms with Gasteiger partial charge < -0.3 is 9.40 Å². The zero-order valence-electron chi connectivity index (χ0n) is 28.1.